The van der Waals surface area contributed by atoms with E-state index in [-0.39, 0.29) is 42.9 Å². The molecule has 26 heavy (non-hydrogen) atoms. The van der Waals surface area contributed by atoms with Crippen LogP contribution >= 0.6 is 24.8 Å². The fourth-order valence-corrected chi connectivity index (χ4v) is 3.49. The number of methoxy groups -OCH3 is 1. The molecule has 1 aromatic carbocycles. The Morgan fingerprint density at radius 3 is 2.88 bits per heavy atom. The molecule has 2 aliphatic rings. The van der Waals surface area contributed by atoms with Gasteiger partial charge in [-0.15, -0.1) is 24.8 Å². The van der Waals surface area contributed by atoms with Gasteiger partial charge in [0.1, 0.15) is 11.8 Å². The normalized spacial score (nSPS) is 25.0. The number of para-hydroxylation sites is 2. The lowest BCUT2D eigenvalue weighted by molar-refractivity contribution is -0.129. The summed E-state index contributed by atoms with van der Waals surface area (Å²) >= 11 is 0. The van der Waals surface area contributed by atoms with Crippen LogP contribution in [0.5, 0.6) is 5.75 Å². The zero-order chi connectivity index (χ0) is 16.9. The smallest absolute Gasteiger partial charge is 0.239 e. The fourth-order valence-electron chi connectivity index (χ4n) is 3.49. The molecule has 6 nitrogen and oxygen atoms in total. The number of morpholine rings is 1. The summed E-state index contributed by atoms with van der Waals surface area (Å²) in [5.41, 5.74) is 1.13. The van der Waals surface area contributed by atoms with Crippen molar-refractivity contribution in [2.75, 3.05) is 44.8 Å². The molecular formula is C18H29Cl2N3O3. The van der Waals surface area contributed by atoms with E-state index < -0.39 is 0 Å². The number of hydrogen-bond donors (Lipinski definition) is 2. The second kappa shape index (κ2) is 10.8. The second-order valence-corrected chi connectivity index (χ2v) is 6.53. The predicted octanol–water partition coefficient (Wildman–Crippen LogP) is 1.86. The number of anilines is 1. The van der Waals surface area contributed by atoms with Gasteiger partial charge in [-0.25, -0.2) is 0 Å². The van der Waals surface area contributed by atoms with Gasteiger partial charge in [-0.05, 0) is 31.4 Å². The largest absolute Gasteiger partial charge is 0.495 e. The molecule has 0 bridgehead atoms. The Bertz CT molecular complexity index is 576. The summed E-state index contributed by atoms with van der Waals surface area (Å²) in [6, 6.07) is 7.84. The van der Waals surface area contributed by atoms with Crippen LogP contribution in [0, 0.1) is 5.92 Å². The highest BCUT2D eigenvalue weighted by Crippen LogP contribution is 2.31. The molecule has 8 heteroatoms. The molecule has 2 aliphatic heterocycles. The molecule has 2 N–H and O–H groups in total. The molecule has 0 aliphatic carbocycles. The lowest BCUT2D eigenvalue weighted by Gasteiger charge is -2.29. The highest BCUT2D eigenvalue weighted by Gasteiger charge is 2.30. The van der Waals surface area contributed by atoms with Crippen LogP contribution in [0.2, 0.25) is 0 Å². The Balaban J connectivity index is 0.00000169. The number of nitrogens with zero attached hydrogens (tertiary/aromatic N) is 1. The number of halogens is 2. The maximum Gasteiger partial charge on any atom is 0.239 e. The van der Waals surface area contributed by atoms with Gasteiger partial charge in [0.25, 0.3) is 0 Å². The van der Waals surface area contributed by atoms with Crippen molar-refractivity contribution >= 4 is 36.4 Å². The van der Waals surface area contributed by atoms with Crippen molar-refractivity contribution < 1.29 is 14.3 Å². The number of carbonyl (C=O) groups is 1. The van der Waals surface area contributed by atoms with Crippen LogP contribution in [0.3, 0.4) is 0 Å². The van der Waals surface area contributed by atoms with Gasteiger partial charge < -0.3 is 25.0 Å². The summed E-state index contributed by atoms with van der Waals surface area (Å²) in [4.78, 5) is 14.7. The van der Waals surface area contributed by atoms with Crippen LogP contribution in [-0.4, -0.2) is 57.9 Å². The predicted molar refractivity (Wildman–Crippen MR) is 108 cm³/mol. The molecular weight excluding hydrogens is 377 g/mol. The van der Waals surface area contributed by atoms with E-state index in [0.717, 1.165) is 37.5 Å². The van der Waals surface area contributed by atoms with Crippen LogP contribution < -0.4 is 20.3 Å². The summed E-state index contributed by atoms with van der Waals surface area (Å²) in [6.45, 7) is 5.96. The van der Waals surface area contributed by atoms with Gasteiger partial charge in [0.2, 0.25) is 5.91 Å². The van der Waals surface area contributed by atoms with Gasteiger partial charge in [-0.2, -0.15) is 0 Å². The average molecular weight is 406 g/mol. The van der Waals surface area contributed by atoms with Crippen LogP contribution in [-0.2, 0) is 9.53 Å². The van der Waals surface area contributed by atoms with E-state index >= 15 is 0 Å². The lowest BCUT2D eigenvalue weighted by atomic mass is 10.1. The number of rotatable bonds is 5. The van der Waals surface area contributed by atoms with Gasteiger partial charge in [-0.3, -0.25) is 4.79 Å². The minimum atomic E-state index is -0.245. The molecule has 0 spiro atoms. The first-order chi connectivity index (χ1) is 11.7. The van der Waals surface area contributed by atoms with E-state index in [9.17, 15) is 4.79 Å². The molecule has 2 fully saturated rings. The second-order valence-electron chi connectivity index (χ2n) is 6.53. The van der Waals surface area contributed by atoms with Crippen LogP contribution in [0.4, 0.5) is 5.69 Å². The molecule has 3 atom stereocenters. The first-order valence-corrected chi connectivity index (χ1v) is 8.69. The third-order valence-corrected chi connectivity index (χ3v) is 4.88. The maximum atomic E-state index is 12.3. The van der Waals surface area contributed by atoms with Crippen molar-refractivity contribution in [1.29, 1.82) is 0 Å². The molecule has 1 unspecified atom stereocenters. The van der Waals surface area contributed by atoms with Gasteiger partial charge in [-0.1, -0.05) is 12.1 Å². The zero-order valence-electron chi connectivity index (χ0n) is 15.3. The van der Waals surface area contributed by atoms with Crippen LogP contribution in [0.25, 0.3) is 0 Å². The summed E-state index contributed by atoms with van der Waals surface area (Å²) in [5.74, 6) is 1.40. The topological polar surface area (TPSA) is 62.8 Å². The summed E-state index contributed by atoms with van der Waals surface area (Å²) in [5, 5.41) is 6.32. The Labute approximate surface area is 167 Å². The number of hydrogen-bond acceptors (Lipinski definition) is 5. The molecule has 2 heterocycles. The van der Waals surface area contributed by atoms with Crippen molar-refractivity contribution in [3.63, 3.8) is 0 Å². The van der Waals surface area contributed by atoms with Crippen molar-refractivity contribution in [3.8, 4) is 5.75 Å². The van der Waals surface area contributed by atoms with E-state index in [4.69, 9.17) is 9.47 Å². The number of amides is 1. The number of ether oxygens (including phenoxy) is 2. The lowest BCUT2D eigenvalue weighted by Crippen LogP contribution is -2.56. The molecule has 0 radical (unpaired) electrons. The van der Waals surface area contributed by atoms with Crippen molar-refractivity contribution in [3.05, 3.63) is 24.3 Å². The maximum absolute atomic E-state index is 12.3. The van der Waals surface area contributed by atoms with Crippen LogP contribution in [0.15, 0.2) is 24.3 Å². The highest BCUT2D eigenvalue weighted by atomic mass is 35.5. The third kappa shape index (κ3) is 5.39. The number of nitrogens with one attached hydrogen (secondary N) is 2. The molecule has 0 aromatic heterocycles. The average Bonchev–Trinajstić information content (AvgIpc) is 3.09. The van der Waals surface area contributed by atoms with E-state index in [0.29, 0.717) is 19.1 Å². The molecule has 1 aromatic rings. The fraction of sp³-hybridized carbons (Fsp3) is 0.611. The van der Waals surface area contributed by atoms with E-state index in [2.05, 4.69) is 21.6 Å². The van der Waals surface area contributed by atoms with Crippen molar-refractivity contribution in [1.82, 2.24) is 10.6 Å². The molecule has 3 rings (SSSR count). The number of benzene rings is 1. The van der Waals surface area contributed by atoms with Gasteiger partial charge in [0.15, 0.2) is 0 Å². The summed E-state index contributed by atoms with van der Waals surface area (Å²) in [6.07, 6.45) is 0.995. The SMILES string of the molecule is COc1ccccc1N1CCC(CNC(=O)[C@H]2NCCO[C@@H]2C)C1.Cl.Cl. The Kier molecular flexibility index (Phi) is 9.50. The van der Waals surface area contributed by atoms with Gasteiger partial charge in [0.05, 0.1) is 25.5 Å². The molecule has 148 valence electrons. The monoisotopic (exact) mass is 405 g/mol. The van der Waals surface area contributed by atoms with Gasteiger partial charge in [0, 0.05) is 26.2 Å². The van der Waals surface area contributed by atoms with Gasteiger partial charge >= 0.3 is 0 Å². The zero-order valence-corrected chi connectivity index (χ0v) is 16.9. The summed E-state index contributed by atoms with van der Waals surface area (Å²) < 4.78 is 11.0. The first-order valence-electron chi connectivity index (χ1n) is 8.69. The molecule has 0 saturated carbocycles. The Hall–Kier alpha value is -1.21. The minimum absolute atomic E-state index is 0. The van der Waals surface area contributed by atoms with Crippen molar-refractivity contribution in [2.45, 2.75) is 25.5 Å². The Morgan fingerprint density at radius 1 is 1.38 bits per heavy atom. The third-order valence-electron chi connectivity index (χ3n) is 4.88. The Morgan fingerprint density at radius 2 is 2.15 bits per heavy atom. The van der Waals surface area contributed by atoms with E-state index in [1.165, 1.54) is 0 Å². The standard InChI is InChI=1S/C18H27N3O3.2ClH/c1-13-17(19-8-10-24-13)18(22)20-11-14-7-9-21(12-14)15-5-3-4-6-16(15)23-2;;/h3-6,13-14,17,19H,7-12H2,1-2H3,(H,20,22);2*1H/t13-,14?,17+;;/m1../s1. The molecule has 2 saturated heterocycles. The molecule has 1 amide bonds. The first kappa shape index (κ1) is 22.8. The summed E-state index contributed by atoms with van der Waals surface area (Å²) in [7, 11) is 1.70. The van der Waals surface area contributed by atoms with E-state index in [1.54, 1.807) is 7.11 Å². The van der Waals surface area contributed by atoms with E-state index in [1.807, 2.05) is 25.1 Å². The van der Waals surface area contributed by atoms with Crippen LogP contribution in [0.1, 0.15) is 13.3 Å². The minimum Gasteiger partial charge on any atom is -0.495 e. The highest BCUT2D eigenvalue weighted by molar-refractivity contribution is 5.85. The number of carbonyl (C=O) groups excluding carboxylic acids is 1. The quantitative estimate of drug-likeness (QED) is 0.782. The van der Waals surface area contributed by atoms with Crippen molar-refractivity contribution in [2.24, 2.45) is 5.92 Å².